The average molecular weight is 770 g/mol. The second-order valence-corrected chi connectivity index (χ2v) is 12.2. The predicted molar refractivity (Wildman–Crippen MR) is 155 cm³/mol. The molecule has 0 unspecified atom stereocenters. The SMILES string of the molecule is Cc1cc(OC(=O)[C@H]2CC(=O)N(Cc3ccccc3)C2)ccc1N1C(=O)c2c(Br)c(Br)c(Br)c(Br)c2C1=O. The molecule has 194 valence electrons. The number of carbonyl (C=O) groups excluding carboxylic acids is 4. The lowest BCUT2D eigenvalue weighted by molar-refractivity contribution is -0.139. The van der Waals surface area contributed by atoms with Crippen molar-refractivity contribution in [1.82, 2.24) is 4.90 Å². The van der Waals surface area contributed by atoms with E-state index >= 15 is 0 Å². The van der Waals surface area contributed by atoms with Crippen LogP contribution < -0.4 is 9.64 Å². The lowest BCUT2D eigenvalue weighted by Gasteiger charge is -2.18. The highest BCUT2D eigenvalue weighted by Gasteiger charge is 2.42. The first-order valence-electron chi connectivity index (χ1n) is 11.5. The second-order valence-electron chi connectivity index (χ2n) is 8.98. The van der Waals surface area contributed by atoms with Crippen molar-refractivity contribution < 1.29 is 23.9 Å². The number of nitrogens with zero attached hydrogens (tertiary/aromatic N) is 2. The van der Waals surface area contributed by atoms with Crippen LogP contribution in [0.15, 0.2) is 66.4 Å². The molecule has 0 N–H and O–H groups in total. The fraction of sp³-hybridized carbons (Fsp3) is 0.185. The number of likely N-dealkylation sites (tertiary alicyclic amines) is 1. The summed E-state index contributed by atoms with van der Waals surface area (Å²) >= 11 is 13.7. The number of fused-ring (bicyclic) bond motifs is 1. The van der Waals surface area contributed by atoms with E-state index < -0.39 is 23.7 Å². The van der Waals surface area contributed by atoms with E-state index in [1.807, 2.05) is 30.3 Å². The van der Waals surface area contributed by atoms with Crippen molar-refractivity contribution in [1.29, 1.82) is 0 Å². The number of amides is 3. The number of carbonyl (C=O) groups is 4. The van der Waals surface area contributed by atoms with Crippen LogP contribution in [0.2, 0.25) is 0 Å². The van der Waals surface area contributed by atoms with Crippen LogP contribution in [0.1, 0.15) is 38.3 Å². The molecule has 0 spiro atoms. The molecule has 1 fully saturated rings. The summed E-state index contributed by atoms with van der Waals surface area (Å²) in [6, 6.07) is 14.3. The van der Waals surface area contributed by atoms with E-state index in [-0.39, 0.29) is 35.7 Å². The summed E-state index contributed by atoms with van der Waals surface area (Å²) < 4.78 is 7.76. The fourth-order valence-electron chi connectivity index (χ4n) is 4.60. The van der Waals surface area contributed by atoms with Crippen LogP contribution in [-0.4, -0.2) is 35.1 Å². The third kappa shape index (κ3) is 4.78. The summed E-state index contributed by atoms with van der Waals surface area (Å²) in [7, 11) is 0. The molecular formula is C27H18Br4N2O5. The molecule has 11 heteroatoms. The molecule has 3 aromatic carbocycles. The number of imide groups is 1. The van der Waals surface area contributed by atoms with Gasteiger partial charge in [-0.2, -0.15) is 0 Å². The van der Waals surface area contributed by atoms with Crippen molar-refractivity contribution in [3.05, 3.63) is 88.7 Å². The maximum atomic E-state index is 13.3. The number of anilines is 1. The van der Waals surface area contributed by atoms with Gasteiger partial charge in [0.15, 0.2) is 0 Å². The molecule has 3 amide bonds. The quantitative estimate of drug-likeness (QED) is 0.0938. The number of benzene rings is 3. The number of hydrogen-bond donors (Lipinski definition) is 0. The normalized spacial score (nSPS) is 16.9. The van der Waals surface area contributed by atoms with Crippen LogP contribution in [-0.2, 0) is 16.1 Å². The zero-order chi connectivity index (χ0) is 27.3. The average Bonchev–Trinajstić information content (AvgIpc) is 3.38. The Kier molecular flexibility index (Phi) is 7.65. The summed E-state index contributed by atoms with van der Waals surface area (Å²) in [5.41, 5.74) is 2.44. The van der Waals surface area contributed by atoms with Crippen molar-refractivity contribution in [3.8, 4) is 5.75 Å². The molecule has 0 aromatic heterocycles. The van der Waals surface area contributed by atoms with Gasteiger partial charge in [0.1, 0.15) is 5.75 Å². The summed E-state index contributed by atoms with van der Waals surface area (Å²) in [6.07, 6.45) is 0.0899. The number of ether oxygens (including phenoxy) is 1. The number of aryl methyl sites for hydroxylation is 1. The number of rotatable bonds is 5. The molecular weight excluding hydrogens is 752 g/mol. The number of esters is 1. The predicted octanol–water partition coefficient (Wildman–Crippen LogP) is 6.80. The first-order valence-corrected chi connectivity index (χ1v) is 14.6. The Morgan fingerprint density at radius 1 is 0.895 bits per heavy atom. The van der Waals surface area contributed by atoms with E-state index in [1.54, 1.807) is 24.0 Å². The maximum absolute atomic E-state index is 13.3. The maximum Gasteiger partial charge on any atom is 0.316 e. The Balaban J connectivity index is 1.32. The molecule has 7 nitrogen and oxygen atoms in total. The van der Waals surface area contributed by atoms with Crippen molar-refractivity contribution in [2.45, 2.75) is 19.9 Å². The van der Waals surface area contributed by atoms with Gasteiger partial charge >= 0.3 is 5.97 Å². The summed E-state index contributed by atoms with van der Waals surface area (Å²) in [5, 5.41) is 0. The highest BCUT2D eigenvalue weighted by atomic mass is 79.9. The highest BCUT2D eigenvalue weighted by molar-refractivity contribution is 9.15. The lowest BCUT2D eigenvalue weighted by Crippen LogP contribution is -2.30. The van der Waals surface area contributed by atoms with Gasteiger partial charge in [0.2, 0.25) is 5.91 Å². The number of hydrogen-bond acceptors (Lipinski definition) is 5. The van der Waals surface area contributed by atoms with Crippen LogP contribution in [0.4, 0.5) is 5.69 Å². The van der Waals surface area contributed by atoms with E-state index in [9.17, 15) is 19.2 Å². The molecule has 2 heterocycles. The van der Waals surface area contributed by atoms with Crippen molar-refractivity contribution >= 4 is 93.1 Å². The molecule has 0 saturated carbocycles. The Bertz CT molecular complexity index is 1480. The molecule has 0 radical (unpaired) electrons. The minimum atomic E-state index is -0.575. The van der Waals surface area contributed by atoms with Gasteiger partial charge in [-0.1, -0.05) is 30.3 Å². The van der Waals surface area contributed by atoms with Gasteiger partial charge in [-0.25, -0.2) is 4.90 Å². The van der Waals surface area contributed by atoms with Crippen LogP contribution in [0, 0.1) is 12.8 Å². The van der Waals surface area contributed by atoms with E-state index in [0.29, 0.717) is 35.7 Å². The summed E-state index contributed by atoms with van der Waals surface area (Å²) in [4.78, 5) is 54.7. The van der Waals surface area contributed by atoms with Gasteiger partial charge in [0.05, 0.1) is 22.7 Å². The molecule has 3 aromatic rings. The zero-order valence-corrected chi connectivity index (χ0v) is 26.1. The second kappa shape index (κ2) is 10.7. The number of halogens is 4. The van der Waals surface area contributed by atoms with Crippen LogP contribution in [0.3, 0.4) is 0 Å². The van der Waals surface area contributed by atoms with E-state index in [2.05, 4.69) is 63.7 Å². The summed E-state index contributed by atoms with van der Waals surface area (Å²) in [6.45, 7) is 2.46. The molecule has 1 saturated heterocycles. The summed E-state index contributed by atoms with van der Waals surface area (Å²) in [5.74, 6) is -1.83. The molecule has 2 aliphatic rings. The third-order valence-corrected chi connectivity index (χ3v) is 11.3. The van der Waals surface area contributed by atoms with Gasteiger partial charge in [-0.05, 0) is 100.0 Å². The smallest absolute Gasteiger partial charge is 0.316 e. The molecule has 38 heavy (non-hydrogen) atoms. The molecule has 2 aliphatic heterocycles. The molecule has 5 rings (SSSR count). The topological polar surface area (TPSA) is 84.0 Å². The van der Waals surface area contributed by atoms with Gasteiger partial charge in [0, 0.05) is 37.4 Å². The zero-order valence-electron chi connectivity index (χ0n) is 19.8. The molecule has 1 atom stereocenters. The monoisotopic (exact) mass is 766 g/mol. The fourth-order valence-corrected chi connectivity index (χ4v) is 7.05. The van der Waals surface area contributed by atoms with E-state index in [1.165, 1.54) is 6.07 Å². The van der Waals surface area contributed by atoms with Crippen LogP contribution in [0.5, 0.6) is 5.75 Å². The lowest BCUT2D eigenvalue weighted by atomic mass is 10.1. The van der Waals surface area contributed by atoms with Crippen molar-refractivity contribution in [2.75, 3.05) is 11.4 Å². The first-order chi connectivity index (χ1) is 18.1. The van der Waals surface area contributed by atoms with Gasteiger partial charge in [-0.3, -0.25) is 19.2 Å². The Morgan fingerprint density at radius 3 is 2.08 bits per heavy atom. The largest absolute Gasteiger partial charge is 0.426 e. The van der Waals surface area contributed by atoms with E-state index in [0.717, 1.165) is 10.5 Å². The van der Waals surface area contributed by atoms with Crippen molar-refractivity contribution in [3.63, 3.8) is 0 Å². The Labute approximate surface area is 252 Å². The van der Waals surface area contributed by atoms with E-state index in [4.69, 9.17) is 4.74 Å². The first kappa shape index (κ1) is 27.2. The highest BCUT2D eigenvalue weighted by Crippen LogP contribution is 2.46. The minimum absolute atomic E-state index is 0.0899. The minimum Gasteiger partial charge on any atom is -0.426 e. The third-order valence-electron chi connectivity index (χ3n) is 6.49. The molecule has 0 aliphatic carbocycles. The molecule has 0 bridgehead atoms. The van der Waals surface area contributed by atoms with Gasteiger partial charge in [0.25, 0.3) is 11.8 Å². The standard InChI is InChI=1S/C27H18Br4N2O5/c1-13-9-16(38-27(37)15-10-18(34)32(12-15)11-14-5-3-2-4-6-14)7-8-17(13)33-25(35)19-20(26(33)36)22(29)24(31)23(30)21(19)28/h2-9,15H,10-12H2,1H3/t15-/m0/s1. The Hall–Kier alpha value is -2.34. The Morgan fingerprint density at radius 2 is 1.50 bits per heavy atom. The van der Waals surface area contributed by atoms with Gasteiger partial charge in [-0.15, -0.1) is 0 Å². The van der Waals surface area contributed by atoms with Gasteiger partial charge < -0.3 is 9.64 Å². The van der Waals surface area contributed by atoms with Crippen molar-refractivity contribution in [2.24, 2.45) is 5.92 Å². The van der Waals surface area contributed by atoms with Crippen LogP contribution >= 0.6 is 63.7 Å². The van der Waals surface area contributed by atoms with Crippen LogP contribution in [0.25, 0.3) is 0 Å².